The number of hydrogen-bond acceptors (Lipinski definition) is 3. The summed E-state index contributed by atoms with van der Waals surface area (Å²) in [5, 5.41) is 15.2. The zero-order valence-corrected chi connectivity index (χ0v) is 11.3. The van der Waals surface area contributed by atoms with E-state index in [1.54, 1.807) is 0 Å². The van der Waals surface area contributed by atoms with Crippen molar-refractivity contribution in [1.82, 2.24) is 10.6 Å². The molecular formula is C13H24N2O2. The first kappa shape index (κ1) is 14.2. The molecule has 0 aliphatic carbocycles. The molecule has 0 bridgehead atoms. The molecule has 1 atom stereocenters. The maximum Gasteiger partial charge on any atom is 0.247 e. The van der Waals surface area contributed by atoms with Gasteiger partial charge in [0.05, 0.1) is 0 Å². The van der Waals surface area contributed by atoms with Crippen LogP contribution in [0.2, 0.25) is 0 Å². The molecule has 0 spiro atoms. The third-order valence-corrected chi connectivity index (χ3v) is 3.32. The predicted molar refractivity (Wildman–Crippen MR) is 68.7 cm³/mol. The smallest absolute Gasteiger partial charge is 0.247 e. The van der Waals surface area contributed by atoms with Crippen LogP contribution in [-0.4, -0.2) is 36.8 Å². The van der Waals surface area contributed by atoms with Crippen molar-refractivity contribution >= 4 is 5.91 Å². The van der Waals surface area contributed by atoms with Gasteiger partial charge >= 0.3 is 0 Å². The van der Waals surface area contributed by atoms with Crippen LogP contribution in [0.25, 0.3) is 0 Å². The quantitative estimate of drug-likeness (QED) is 0.638. The molecule has 1 fully saturated rings. The second-order valence-electron chi connectivity index (χ2n) is 5.74. The number of carbonyl (C=O) groups excluding carboxylic acids is 1. The number of hydrogen-bond donors (Lipinski definition) is 3. The second-order valence-corrected chi connectivity index (χ2v) is 5.74. The van der Waals surface area contributed by atoms with Crippen molar-refractivity contribution in [3.8, 4) is 0 Å². The minimum absolute atomic E-state index is 0.00332. The zero-order valence-electron chi connectivity index (χ0n) is 11.3. The van der Waals surface area contributed by atoms with E-state index >= 15 is 0 Å². The molecule has 3 N–H and O–H groups in total. The van der Waals surface area contributed by atoms with Gasteiger partial charge in [-0.1, -0.05) is 20.8 Å². The molecule has 17 heavy (non-hydrogen) atoms. The Balaban J connectivity index is 2.64. The average Bonchev–Trinajstić information content (AvgIpc) is 2.12. The molecule has 0 radical (unpaired) electrons. The number of aliphatic hydroxyl groups is 1. The van der Waals surface area contributed by atoms with Crippen LogP contribution in [-0.2, 0) is 4.79 Å². The minimum Gasteiger partial charge on any atom is -0.396 e. The summed E-state index contributed by atoms with van der Waals surface area (Å²) in [5.41, 5.74) is 1.95. The van der Waals surface area contributed by atoms with E-state index in [4.69, 9.17) is 5.11 Å². The Morgan fingerprint density at radius 3 is 2.41 bits per heavy atom. The van der Waals surface area contributed by atoms with Crippen LogP contribution in [0.1, 0.15) is 34.1 Å². The monoisotopic (exact) mass is 240 g/mol. The lowest BCUT2D eigenvalue weighted by molar-refractivity contribution is -0.119. The van der Waals surface area contributed by atoms with Gasteiger partial charge in [0.15, 0.2) is 0 Å². The van der Waals surface area contributed by atoms with Gasteiger partial charge in [-0.05, 0) is 24.3 Å². The number of aliphatic hydroxyl groups excluding tert-OH is 1. The van der Waals surface area contributed by atoms with E-state index in [9.17, 15) is 4.79 Å². The fourth-order valence-corrected chi connectivity index (χ4v) is 1.79. The van der Waals surface area contributed by atoms with E-state index in [1.165, 1.54) is 5.57 Å². The molecule has 4 heteroatoms. The van der Waals surface area contributed by atoms with Gasteiger partial charge in [0.1, 0.15) is 0 Å². The highest BCUT2D eigenvalue weighted by atomic mass is 16.3. The molecule has 0 aromatic rings. The fourth-order valence-electron chi connectivity index (χ4n) is 1.79. The van der Waals surface area contributed by atoms with E-state index in [0.29, 0.717) is 6.42 Å². The Bertz CT molecular complexity index is 310. The van der Waals surface area contributed by atoms with Gasteiger partial charge in [-0.15, -0.1) is 0 Å². The number of amides is 1. The molecule has 0 saturated carbocycles. The van der Waals surface area contributed by atoms with Crippen molar-refractivity contribution in [3.63, 3.8) is 0 Å². The predicted octanol–water partition coefficient (Wildman–Crippen LogP) is 0.819. The molecule has 0 aromatic carbocycles. The zero-order chi connectivity index (χ0) is 13.1. The summed E-state index contributed by atoms with van der Waals surface area (Å²) in [7, 11) is 0. The third kappa shape index (κ3) is 3.82. The van der Waals surface area contributed by atoms with Gasteiger partial charge in [-0.2, -0.15) is 0 Å². The SMILES string of the molecule is CC(C(=O)NC(CCO)C(C)(C)C)=C1CNC1. The Hall–Kier alpha value is -0.870. The summed E-state index contributed by atoms with van der Waals surface area (Å²) < 4.78 is 0. The van der Waals surface area contributed by atoms with Crippen LogP contribution < -0.4 is 10.6 Å². The summed E-state index contributed by atoms with van der Waals surface area (Å²) in [6.07, 6.45) is 0.593. The summed E-state index contributed by atoms with van der Waals surface area (Å²) in [6, 6.07) is 0.00332. The second kappa shape index (κ2) is 5.65. The largest absolute Gasteiger partial charge is 0.396 e. The lowest BCUT2D eigenvalue weighted by Crippen LogP contribution is -2.46. The fraction of sp³-hybridized carbons (Fsp3) is 0.769. The molecule has 0 aromatic heterocycles. The molecule has 1 aliphatic rings. The molecule has 1 heterocycles. The molecule has 98 valence electrons. The van der Waals surface area contributed by atoms with Crippen molar-refractivity contribution in [3.05, 3.63) is 11.1 Å². The van der Waals surface area contributed by atoms with Crippen LogP contribution in [0.4, 0.5) is 0 Å². The molecule has 4 nitrogen and oxygen atoms in total. The molecule has 1 rings (SSSR count). The molecular weight excluding hydrogens is 216 g/mol. The highest BCUT2D eigenvalue weighted by Crippen LogP contribution is 2.22. The van der Waals surface area contributed by atoms with Crippen LogP contribution >= 0.6 is 0 Å². The van der Waals surface area contributed by atoms with Crippen molar-refractivity contribution in [2.24, 2.45) is 5.41 Å². The van der Waals surface area contributed by atoms with Crippen LogP contribution in [0, 0.1) is 5.41 Å². The molecule has 1 saturated heterocycles. The van der Waals surface area contributed by atoms with Gasteiger partial charge in [-0.3, -0.25) is 4.79 Å². The average molecular weight is 240 g/mol. The van der Waals surface area contributed by atoms with Crippen LogP contribution in [0.5, 0.6) is 0 Å². The van der Waals surface area contributed by atoms with E-state index in [2.05, 4.69) is 31.4 Å². The van der Waals surface area contributed by atoms with E-state index in [-0.39, 0.29) is 24.0 Å². The van der Waals surface area contributed by atoms with Crippen molar-refractivity contribution < 1.29 is 9.90 Å². The van der Waals surface area contributed by atoms with E-state index in [1.807, 2.05) is 6.92 Å². The highest BCUT2D eigenvalue weighted by molar-refractivity contribution is 5.94. The van der Waals surface area contributed by atoms with Gasteiger partial charge < -0.3 is 15.7 Å². The van der Waals surface area contributed by atoms with Crippen LogP contribution in [0.3, 0.4) is 0 Å². The minimum atomic E-state index is -0.0405. The highest BCUT2D eigenvalue weighted by Gasteiger charge is 2.27. The Labute approximate surface area is 103 Å². The molecule has 1 aliphatic heterocycles. The maximum absolute atomic E-state index is 12.0. The standard InChI is InChI=1S/C13H24N2O2/c1-9(10-7-14-8-10)12(17)15-11(5-6-16)13(2,3)4/h11,14,16H,5-8H2,1-4H3,(H,15,17). The lowest BCUT2D eigenvalue weighted by atomic mass is 9.84. The normalized spacial score (nSPS) is 17.4. The first-order valence-corrected chi connectivity index (χ1v) is 6.17. The maximum atomic E-state index is 12.0. The van der Waals surface area contributed by atoms with Gasteiger partial charge in [0.2, 0.25) is 5.91 Å². The summed E-state index contributed by atoms with van der Waals surface area (Å²) >= 11 is 0. The first-order valence-electron chi connectivity index (χ1n) is 6.17. The Morgan fingerprint density at radius 2 is 2.06 bits per heavy atom. The van der Waals surface area contributed by atoms with Crippen molar-refractivity contribution in [2.45, 2.75) is 40.2 Å². The summed E-state index contributed by atoms with van der Waals surface area (Å²) in [6.45, 7) is 9.81. The number of carbonyl (C=O) groups is 1. The number of nitrogens with one attached hydrogen (secondary N) is 2. The number of rotatable bonds is 4. The van der Waals surface area contributed by atoms with Gasteiger partial charge in [0, 0.05) is 31.3 Å². The van der Waals surface area contributed by atoms with Gasteiger partial charge in [0.25, 0.3) is 0 Å². The third-order valence-electron chi connectivity index (χ3n) is 3.32. The van der Waals surface area contributed by atoms with Crippen LogP contribution in [0.15, 0.2) is 11.1 Å². The van der Waals surface area contributed by atoms with Crippen molar-refractivity contribution in [2.75, 3.05) is 19.7 Å². The topological polar surface area (TPSA) is 61.4 Å². The Morgan fingerprint density at radius 1 is 1.47 bits per heavy atom. The molecule has 1 unspecified atom stereocenters. The summed E-state index contributed by atoms with van der Waals surface area (Å²) in [5.74, 6) is -0.00475. The summed E-state index contributed by atoms with van der Waals surface area (Å²) in [4.78, 5) is 12.0. The van der Waals surface area contributed by atoms with E-state index in [0.717, 1.165) is 18.7 Å². The first-order chi connectivity index (χ1) is 7.86. The lowest BCUT2D eigenvalue weighted by Gasteiger charge is -2.32. The Kier molecular flexibility index (Phi) is 4.71. The van der Waals surface area contributed by atoms with Crippen molar-refractivity contribution in [1.29, 1.82) is 0 Å². The van der Waals surface area contributed by atoms with Gasteiger partial charge in [-0.25, -0.2) is 0 Å². The van der Waals surface area contributed by atoms with E-state index < -0.39 is 0 Å². The molecule has 1 amide bonds.